The van der Waals surface area contributed by atoms with Crippen molar-refractivity contribution in [2.75, 3.05) is 24.2 Å². The van der Waals surface area contributed by atoms with E-state index in [1.54, 1.807) is 0 Å². The van der Waals surface area contributed by atoms with Gasteiger partial charge < -0.3 is 15.8 Å². The summed E-state index contributed by atoms with van der Waals surface area (Å²) in [7, 11) is -3.30. The third-order valence-electron chi connectivity index (χ3n) is 3.70. The Kier molecular flexibility index (Phi) is 3.87. The summed E-state index contributed by atoms with van der Waals surface area (Å²) in [5, 5.41) is 3.48. The molecule has 2 aliphatic rings. The molecule has 1 atom stereocenters. The molecule has 3 rings (SSSR count). The van der Waals surface area contributed by atoms with E-state index in [2.05, 4.69) is 9.69 Å². The number of nitrogens with two attached hydrogens (primary N) is 1. The van der Waals surface area contributed by atoms with Crippen molar-refractivity contribution in [3.63, 3.8) is 0 Å². The van der Waals surface area contributed by atoms with Crippen LogP contribution in [0.4, 0.5) is 10.8 Å². The molecule has 0 spiro atoms. The normalized spacial score (nSPS) is 23.1. The molecule has 1 aliphatic carbocycles. The van der Waals surface area contributed by atoms with E-state index in [4.69, 9.17) is 10.5 Å². The maximum absolute atomic E-state index is 12.3. The van der Waals surface area contributed by atoms with Crippen molar-refractivity contribution >= 4 is 32.2 Å². The Labute approximate surface area is 122 Å². The van der Waals surface area contributed by atoms with Crippen LogP contribution in [-0.2, 0) is 14.6 Å². The van der Waals surface area contributed by atoms with Crippen molar-refractivity contribution in [3.8, 4) is 0 Å². The van der Waals surface area contributed by atoms with Gasteiger partial charge in [0.25, 0.3) is 0 Å². The third-order valence-corrected chi connectivity index (χ3v) is 6.98. The summed E-state index contributed by atoms with van der Waals surface area (Å²) < 4.78 is 34.2. The predicted octanol–water partition coefficient (Wildman–Crippen LogP) is 1.64. The molecule has 8 heteroatoms. The highest BCUT2D eigenvalue weighted by Gasteiger charge is 2.40. The minimum Gasteiger partial charge on any atom is -0.382 e. The van der Waals surface area contributed by atoms with Crippen molar-refractivity contribution in [2.24, 2.45) is 0 Å². The van der Waals surface area contributed by atoms with Gasteiger partial charge in [0.1, 0.15) is 9.90 Å². The summed E-state index contributed by atoms with van der Waals surface area (Å²) in [4.78, 5) is 0.206. The first-order valence-corrected chi connectivity index (χ1v) is 9.25. The molecule has 1 unspecified atom stereocenters. The Hall–Kier alpha value is -0.860. The molecule has 1 aromatic heterocycles. The van der Waals surface area contributed by atoms with Gasteiger partial charge in [-0.3, -0.25) is 0 Å². The Morgan fingerprint density at radius 2 is 2.20 bits per heavy atom. The monoisotopic (exact) mass is 317 g/mol. The molecule has 20 heavy (non-hydrogen) atoms. The van der Waals surface area contributed by atoms with E-state index in [-0.39, 0.29) is 22.1 Å². The maximum atomic E-state index is 12.3. The number of nitrogens with zero attached hydrogens (tertiary/aromatic N) is 1. The third kappa shape index (κ3) is 2.77. The molecule has 0 radical (unpaired) electrons. The van der Waals surface area contributed by atoms with Gasteiger partial charge in [0.05, 0.1) is 11.4 Å². The summed E-state index contributed by atoms with van der Waals surface area (Å²) >= 11 is 1.12. The van der Waals surface area contributed by atoms with Gasteiger partial charge in [-0.25, -0.2) is 8.42 Å². The molecule has 0 bridgehead atoms. The molecule has 2 fully saturated rings. The van der Waals surface area contributed by atoms with Crippen LogP contribution in [0.1, 0.15) is 32.1 Å². The second kappa shape index (κ2) is 5.50. The second-order valence-electron chi connectivity index (χ2n) is 5.32. The molecule has 0 amide bonds. The van der Waals surface area contributed by atoms with Crippen LogP contribution < -0.4 is 11.1 Å². The van der Waals surface area contributed by atoms with E-state index < -0.39 is 9.84 Å². The number of anilines is 2. The first kappa shape index (κ1) is 14.1. The van der Waals surface area contributed by atoms with Crippen molar-refractivity contribution in [1.82, 2.24) is 4.37 Å². The Morgan fingerprint density at radius 1 is 1.40 bits per heavy atom. The lowest BCUT2D eigenvalue weighted by Gasteiger charge is -2.11. The quantitative estimate of drug-likeness (QED) is 0.828. The summed E-state index contributed by atoms with van der Waals surface area (Å²) in [5.41, 5.74) is 5.74. The van der Waals surface area contributed by atoms with Crippen molar-refractivity contribution in [1.29, 1.82) is 0 Å². The van der Waals surface area contributed by atoms with Crippen LogP contribution in [0.3, 0.4) is 0 Å². The van der Waals surface area contributed by atoms with Gasteiger partial charge in [0, 0.05) is 13.2 Å². The van der Waals surface area contributed by atoms with Gasteiger partial charge in [0.2, 0.25) is 0 Å². The zero-order chi connectivity index (χ0) is 14.2. The Bertz CT molecular complexity index is 575. The van der Waals surface area contributed by atoms with Crippen LogP contribution >= 0.6 is 11.5 Å². The molecular formula is C12H19N3O3S2. The molecule has 2 heterocycles. The first-order chi connectivity index (χ1) is 9.59. The lowest BCUT2D eigenvalue weighted by molar-refractivity contribution is 0.107. The van der Waals surface area contributed by atoms with E-state index in [0.717, 1.165) is 50.2 Å². The first-order valence-electron chi connectivity index (χ1n) is 6.93. The molecule has 6 nitrogen and oxygen atoms in total. The van der Waals surface area contributed by atoms with E-state index in [1.807, 2.05) is 0 Å². The molecule has 3 N–H and O–H groups in total. The summed E-state index contributed by atoms with van der Waals surface area (Å²) in [5.74, 6) is 0.126. The molecule has 1 saturated carbocycles. The van der Waals surface area contributed by atoms with Gasteiger partial charge >= 0.3 is 0 Å². The van der Waals surface area contributed by atoms with Gasteiger partial charge in [-0.2, -0.15) is 4.37 Å². The summed E-state index contributed by atoms with van der Waals surface area (Å²) in [6.45, 7) is 1.51. The van der Waals surface area contributed by atoms with Gasteiger partial charge in [-0.1, -0.05) is 0 Å². The van der Waals surface area contributed by atoms with Crippen LogP contribution in [0.25, 0.3) is 0 Å². The van der Waals surface area contributed by atoms with Crippen LogP contribution in [0.5, 0.6) is 0 Å². The highest BCUT2D eigenvalue weighted by Crippen LogP contribution is 2.40. The second-order valence-corrected chi connectivity index (χ2v) is 8.26. The fourth-order valence-electron chi connectivity index (χ4n) is 2.45. The predicted molar refractivity (Wildman–Crippen MR) is 78.8 cm³/mol. The number of hydrogen-bond acceptors (Lipinski definition) is 7. The fraction of sp³-hybridized carbons (Fsp3) is 0.750. The number of aromatic nitrogens is 1. The zero-order valence-electron chi connectivity index (χ0n) is 11.2. The van der Waals surface area contributed by atoms with Crippen LogP contribution in [-0.4, -0.2) is 37.3 Å². The molecule has 112 valence electrons. The van der Waals surface area contributed by atoms with Gasteiger partial charge in [-0.15, -0.1) is 0 Å². The van der Waals surface area contributed by atoms with Crippen molar-refractivity contribution < 1.29 is 13.2 Å². The van der Waals surface area contributed by atoms with E-state index in [0.29, 0.717) is 11.5 Å². The smallest absolute Gasteiger partial charge is 0.187 e. The average molecular weight is 317 g/mol. The number of ether oxygens (including phenoxy) is 1. The Morgan fingerprint density at radius 3 is 2.85 bits per heavy atom. The average Bonchev–Trinajstić information content (AvgIpc) is 3.03. The summed E-state index contributed by atoms with van der Waals surface area (Å²) in [6.07, 6.45) is 4.82. The minimum atomic E-state index is -3.30. The van der Waals surface area contributed by atoms with E-state index in [9.17, 15) is 8.42 Å². The largest absolute Gasteiger partial charge is 0.382 e. The minimum absolute atomic E-state index is 0.126. The molecule has 1 aliphatic heterocycles. The molecule has 1 saturated heterocycles. The maximum Gasteiger partial charge on any atom is 0.187 e. The topological polar surface area (TPSA) is 94.3 Å². The summed E-state index contributed by atoms with van der Waals surface area (Å²) in [6, 6.07) is 0. The lowest BCUT2D eigenvalue weighted by Crippen LogP contribution is -2.15. The SMILES string of the molecule is Nc1nsc(NCCC2CCCO2)c1S(=O)(=O)C1CC1. The molecule has 0 aromatic carbocycles. The van der Waals surface area contributed by atoms with Crippen LogP contribution in [0, 0.1) is 0 Å². The van der Waals surface area contributed by atoms with Crippen molar-refractivity contribution in [3.05, 3.63) is 0 Å². The van der Waals surface area contributed by atoms with Crippen LogP contribution in [0.15, 0.2) is 4.90 Å². The van der Waals surface area contributed by atoms with Gasteiger partial charge in [-0.05, 0) is 43.6 Å². The number of nitrogens with one attached hydrogen (secondary N) is 1. The number of nitrogen functional groups attached to an aromatic ring is 1. The highest BCUT2D eigenvalue weighted by molar-refractivity contribution is 7.92. The highest BCUT2D eigenvalue weighted by atomic mass is 32.2. The zero-order valence-corrected chi connectivity index (χ0v) is 12.8. The van der Waals surface area contributed by atoms with Gasteiger partial charge in [0.15, 0.2) is 15.7 Å². The van der Waals surface area contributed by atoms with Crippen LogP contribution in [0.2, 0.25) is 0 Å². The van der Waals surface area contributed by atoms with E-state index >= 15 is 0 Å². The molecular weight excluding hydrogens is 298 g/mol. The number of rotatable bonds is 6. The Balaban J connectivity index is 1.67. The standard InChI is InChI=1S/C12H19N3O3S2/c13-11-10(20(16,17)9-3-4-9)12(19-15-11)14-6-5-8-2-1-7-18-8/h8-9,14H,1-7H2,(H2,13,15). The number of hydrogen-bond donors (Lipinski definition) is 2. The fourth-order valence-corrected chi connectivity index (χ4v) is 5.36. The van der Waals surface area contributed by atoms with E-state index in [1.165, 1.54) is 0 Å². The van der Waals surface area contributed by atoms with Crippen molar-refractivity contribution in [2.45, 2.75) is 48.4 Å². The molecule has 1 aromatic rings. The number of sulfone groups is 1. The lowest BCUT2D eigenvalue weighted by atomic mass is 10.2.